The van der Waals surface area contributed by atoms with E-state index in [1.807, 2.05) is 0 Å². The van der Waals surface area contributed by atoms with Gasteiger partial charge >= 0.3 is 0 Å². The molecule has 116 valence electrons. The maximum Gasteiger partial charge on any atom is 0.220 e. The molecule has 1 saturated heterocycles. The smallest absolute Gasteiger partial charge is 0.220 e. The molecule has 0 aromatic heterocycles. The molecule has 3 nitrogen and oxygen atoms in total. The summed E-state index contributed by atoms with van der Waals surface area (Å²) in [5.41, 5.74) is 2.51. The van der Waals surface area contributed by atoms with Gasteiger partial charge in [-0.15, -0.1) is 0 Å². The minimum absolute atomic E-state index is 0.0295. The highest BCUT2D eigenvalue weighted by atomic mass is 16.1. The second-order valence-corrected chi connectivity index (χ2v) is 6.92. The number of carbonyl (C=O) groups excluding carboxylic acids is 1. The number of hydrogen-bond donors (Lipinski definition) is 2. The third-order valence-corrected chi connectivity index (χ3v) is 4.50. The van der Waals surface area contributed by atoms with E-state index in [0.717, 1.165) is 19.5 Å². The van der Waals surface area contributed by atoms with Crippen molar-refractivity contribution in [1.29, 1.82) is 0 Å². The van der Waals surface area contributed by atoms with Crippen LogP contribution >= 0.6 is 0 Å². The Labute approximate surface area is 128 Å². The summed E-state index contributed by atoms with van der Waals surface area (Å²) < 4.78 is 0. The van der Waals surface area contributed by atoms with Crippen molar-refractivity contribution in [3.8, 4) is 0 Å². The predicted molar refractivity (Wildman–Crippen MR) is 87.4 cm³/mol. The first-order valence-electron chi connectivity index (χ1n) is 8.02. The van der Waals surface area contributed by atoms with Gasteiger partial charge in [-0.05, 0) is 44.3 Å². The van der Waals surface area contributed by atoms with Crippen LogP contribution in [-0.2, 0) is 10.2 Å². The maximum atomic E-state index is 12.0. The average molecular weight is 288 g/mol. The van der Waals surface area contributed by atoms with Crippen LogP contribution in [0.4, 0.5) is 0 Å². The van der Waals surface area contributed by atoms with Gasteiger partial charge in [0.2, 0.25) is 5.91 Å². The quantitative estimate of drug-likeness (QED) is 0.845. The molecule has 1 aromatic rings. The third kappa shape index (κ3) is 4.85. The van der Waals surface area contributed by atoms with Crippen molar-refractivity contribution in [2.75, 3.05) is 19.6 Å². The third-order valence-electron chi connectivity index (χ3n) is 4.50. The molecule has 2 rings (SSSR count). The largest absolute Gasteiger partial charge is 0.355 e. The second-order valence-electron chi connectivity index (χ2n) is 6.92. The van der Waals surface area contributed by atoms with Crippen LogP contribution in [0.2, 0.25) is 0 Å². The zero-order valence-electron chi connectivity index (χ0n) is 13.5. The lowest BCUT2D eigenvalue weighted by atomic mass is 9.84. The van der Waals surface area contributed by atoms with Crippen molar-refractivity contribution in [2.45, 2.75) is 45.4 Å². The van der Waals surface area contributed by atoms with Gasteiger partial charge in [-0.1, -0.05) is 43.7 Å². The fraction of sp³-hybridized carbons (Fsp3) is 0.611. The molecule has 1 heterocycles. The molecule has 1 aliphatic heterocycles. The standard InChI is InChI=1S/C18H28N2O/c1-14-4-7-16(8-5-14)18(2,3)13-20-17(21)9-6-15-10-11-19-12-15/h4-5,7-8,15,19H,6,9-13H2,1-3H3,(H,20,21). The van der Waals surface area contributed by atoms with E-state index < -0.39 is 0 Å². The van der Waals surface area contributed by atoms with E-state index in [4.69, 9.17) is 0 Å². The Morgan fingerprint density at radius 1 is 1.33 bits per heavy atom. The maximum absolute atomic E-state index is 12.0. The van der Waals surface area contributed by atoms with Gasteiger partial charge in [-0.25, -0.2) is 0 Å². The minimum Gasteiger partial charge on any atom is -0.355 e. The minimum atomic E-state index is -0.0295. The highest BCUT2D eigenvalue weighted by Crippen LogP contribution is 2.22. The van der Waals surface area contributed by atoms with E-state index in [9.17, 15) is 4.79 Å². The second kappa shape index (κ2) is 7.08. The van der Waals surface area contributed by atoms with Crippen molar-refractivity contribution in [1.82, 2.24) is 10.6 Å². The summed E-state index contributed by atoms with van der Waals surface area (Å²) in [4.78, 5) is 12.0. The fourth-order valence-electron chi connectivity index (χ4n) is 2.81. The molecular weight excluding hydrogens is 260 g/mol. The number of hydrogen-bond acceptors (Lipinski definition) is 2. The summed E-state index contributed by atoms with van der Waals surface area (Å²) in [6.07, 6.45) is 2.86. The molecule has 1 aliphatic rings. The summed E-state index contributed by atoms with van der Waals surface area (Å²) in [6, 6.07) is 8.58. The van der Waals surface area contributed by atoms with Gasteiger partial charge in [-0.2, -0.15) is 0 Å². The van der Waals surface area contributed by atoms with Gasteiger partial charge in [0, 0.05) is 18.4 Å². The van der Waals surface area contributed by atoms with Crippen molar-refractivity contribution < 1.29 is 4.79 Å². The topological polar surface area (TPSA) is 41.1 Å². The van der Waals surface area contributed by atoms with Crippen molar-refractivity contribution in [3.05, 3.63) is 35.4 Å². The van der Waals surface area contributed by atoms with E-state index in [0.29, 0.717) is 18.9 Å². The Morgan fingerprint density at radius 2 is 2.05 bits per heavy atom. The predicted octanol–water partition coefficient (Wildman–Crippen LogP) is 2.78. The van der Waals surface area contributed by atoms with Crippen molar-refractivity contribution in [2.24, 2.45) is 5.92 Å². The van der Waals surface area contributed by atoms with Crippen LogP contribution < -0.4 is 10.6 Å². The van der Waals surface area contributed by atoms with Crippen molar-refractivity contribution >= 4 is 5.91 Å². The molecule has 2 N–H and O–H groups in total. The molecule has 0 spiro atoms. The molecule has 21 heavy (non-hydrogen) atoms. The van der Waals surface area contributed by atoms with Crippen LogP contribution in [0.15, 0.2) is 24.3 Å². The summed E-state index contributed by atoms with van der Waals surface area (Å²) >= 11 is 0. The molecule has 0 saturated carbocycles. The van der Waals surface area contributed by atoms with Gasteiger partial charge in [0.05, 0.1) is 0 Å². The molecule has 1 amide bonds. The zero-order chi connectivity index (χ0) is 15.3. The molecule has 0 bridgehead atoms. The van der Waals surface area contributed by atoms with Crippen LogP contribution in [-0.4, -0.2) is 25.5 Å². The molecule has 0 aliphatic carbocycles. The van der Waals surface area contributed by atoms with Gasteiger partial charge in [-0.3, -0.25) is 4.79 Å². The number of rotatable bonds is 6. The Balaban J connectivity index is 1.77. The van der Waals surface area contributed by atoms with Gasteiger partial charge in [0.1, 0.15) is 0 Å². The lowest BCUT2D eigenvalue weighted by Crippen LogP contribution is -2.36. The first-order valence-corrected chi connectivity index (χ1v) is 8.02. The molecule has 1 atom stereocenters. The molecule has 3 heteroatoms. The Morgan fingerprint density at radius 3 is 2.67 bits per heavy atom. The Hall–Kier alpha value is -1.35. The molecule has 1 fully saturated rings. The lowest BCUT2D eigenvalue weighted by Gasteiger charge is -2.26. The van der Waals surface area contributed by atoms with Crippen LogP contribution in [0.1, 0.15) is 44.2 Å². The average Bonchev–Trinajstić information content (AvgIpc) is 2.97. The monoisotopic (exact) mass is 288 g/mol. The fourth-order valence-corrected chi connectivity index (χ4v) is 2.81. The first kappa shape index (κ1) is 16.0. The highest BCUT2D eigenvalue weighted by molar-refractivity contribution is 5.76. The van der Waals surface area contributed by atoms with E-state index in [-0.39, 0.29) is 11.3 Å². The van der Waals surface area contributed by atoms with E-state index in [1.54, 1.807) is 0 Å². The van der Waals surface area contributed by atoms with E-state index in [1.165, 1.54) is 17.5 Å². The molecule has 1 unspecified atom stereocenters. The SMILES string of the molecule is Cc1ccc(C(C)(C)CNC(=O)CCC2CCNC2)cc1. The summed E-state index contributed by atoms with van der Waals surface area (Å²) in [5, 5.41) is 6.45. The molecule has 1 aromatic carbocycles. The number of aryl methyl sites for hydroxylation is 1. The van der Waals surface area contributed by atoms with Crippen LogP contribution in [0, 0.1) is 12.8 Å². The Kier molecular flexibility index (Phi) is 5.40. The van der Waals surface area contributed by atoms with Crippen LogP contribution in [0.5, 0.6) is 0 Å². The van der Waals surface area contributed by atoms with E-state index in [2.05, 4.69) is 55.7 Å². The Bertz CT molecular complexity index is 459. The van der Waals surface area contributed by atoms with Gasteiger partial charge in [0.25, 0.3) is 0 Å². The molecule has 0 radical (unpaired) electrons. The van der Waals surface area contributed by atoms with Gasteiger partial charge < -0.3 is 10.6 Å². The normalized spacial score (nSPS) is 18.7. The summed E-state index contributed by atoms with van der Waals surface area (Å²) in [6.45, 7) is 9.32. The van der Waals surface area contributed by atoms with Crippen LogP contribution in [0.25, 0.3) is 0 Å². The zero-order valence-corrected chi connectivity index (χ0v) is 13.5. The lowest BCUT2D eigenvalue weighted by molar-refractivity contribution is -0.121. The van der Waals surface area contributed by atoms with Crippen LogP contribution in [0.3, 0.4) is 0 Å². The molecular formula is C18H28N2O. The number of amides is 1. The van der Waals surface area contributed by atoms with Crippen molar-refractivity contribution in [3.63, 3.8) is 0 Å². The number of nitrogens with one attached hydrogen (secondary N) is 2. The van der Waals surface area contributed by atoms with E-state index >= 15 is 0 Å². The van der Waals surface area contributed by atoms with Gasteiger partial charge in [0.15, 0.2) is 0 Å². The summed E-state index contributed by atoms with van der Waals surface area (Å²) in [5.74, 6) is 0.864. The number of carbonyl (C=O) groups is 1. The first-order chi connectivity index (χ1) is 9.97. The highest BCUT2D eigenvalue weighted by Gasteiger charge is 2.22. The number of benzene rings is 1. The summed E-state index contributed by atoms with van der Waals surface area (Å²) in [7, 11) is 0.